The fraction of sp³-hybridized carbons (Fsp3) is 0.455. The highest BCUT2D eigenvalue weighted by Gasteiger charge is 2.03. The molecule has 1 atom stereocenters. The molecule has 1 N–H and O–H groups in total. The SMILES string of the molecule is COC(O)Cc1ccc(C)c(C)c1. The van der Waals surface area contributed by atoms with E-state index in [9.17, 15) is 5.11 Å². The van der Waals surface area contributed by atoms with Crippen LogP contribution in [0.25, 0.3) is 0 Å². The Balaban J connectivity index is 2.73. The molecule has 2 heteroatoms. The number of aliphatic hydroxyl groups excluding tert-OH is 1. The van der Waals surface area contributed by atoms with Gasteiger partial charge in [0.2, 0.25) is 0 Å². The number of aryl methyl sites for hydroxylation is 2. The van der Waals surface area contributed by atoms with Gasteiger partial charge in [-0.15, -0.1) is 0 Å². The van der Waals surface area contributed by atoms with Crippen LogP contribution < -0.4 is 0 Å². The minimum atomic E-state index is -0.692. The number of rotatable bonds is 3. The topological polar surface area (TPSA) is 29.5 Å². The Kier molecular flexibility index (Phi) is 3.46. The number of hydrogen-bond donors (Lipinski definition) is 1. The molecular weight excluding hydrogens is 164 g/mol. The molecule has 0 aromatic heterocycles. The van der Waals surface area contributed by atoms with Crippen molar-refractivity contribution in [1.82, 2.24) is 0 Å². The Hall–Kier alpha value is -0.860. The Morgan fingerprint density at radius 1 is 1.31 bits per heavy atom. The van der Waals surface area contributed by atoms with Crippen LogP contribution in [0.15, 0.2) is 18.2 Å². The molecule has 0 spiro atoms. The first-order valence-electron chi connectivity index (χ1n) is 4.40. The van der Waals surface area contributed by atoms with E-state index in [0.717, 1.165) is 5.56 Å². The fourth-order valence-electron chi connectivity index (χ4n) is 1.22. The van der Waals surface area contributed by atoms with Gasteiger partial charge in [0.25, 0.3) is 0 Å². The fourth-order valence-corrected chi connectivity index (χ4v) is 1.22. The molecule has 2 nitrogen and oxygen atoms in total. The minimum Gasteiger partial charge on any atom is -0.368 e. The molecular formula is C11H16O2. The second-order valence-corrected chi connectivity index (χ2v) is 3.31. The van der Waals surface area contributed by atoms with Crippen molar-refractivity contribution in [3.63, 3.8) is 0 Å². The molecule has 1 rings (SSSR count). The van der Waals surface area contributed by atoms with E-state index in [0.29, 0.717) is 6.42 Å². The Morgan fingerprint density at radius 2 is 2.00 bits per heavy atom. The van der Waals surface area contributed by atoms with Crippen LogP contribution in [0.1, 0.15) is 16.7 Å². The van der Waals surface area contributed by atoms with Crippen molar-refractivity contribution in [1.29, 1.82) is 0 Å². The Labute approximate surface area is 79.2 Å². The zero-order chi connectivity index (χ0) is 9.84. The van der Waals surface area contributed by atoms with Crippen molar-refractivity contribution >= 4 is 0 Å². The van der Waals surface area contributed by atoms with Crippen LogP contribution in [0.5, 0.6) is 0 Å². The molecule has 0 heterocycles. The van der Waals surface area contributed by atoms with E-state index < -0.39 is 6.29 Å². The highest BCUT2D eigenvalue weighted by Crippen LogP contribution is 2.11. The molecule has 0 aliphatic heterocycles. The smallest absolute Gasteiger partial charge is 0.158 e. The molecule has 0 radical (unpaired) electrons. The highest BCUT2D eigenvalue weighted by atomic mass is 16.6. The van der Waals surface area contributed by atoms with Crippen LogP contribution >= 0.6 is 0 Å². The molecule has 72 valence electrons. The summed E-state index contributed by atoms with van der Waals surface area (Å²) in [5.74, 6) is 0. The predicted octanol–water partition coefficient (Wildman–Crippen LogP) is 1.81. The molecule has 0 saturated carbocycles. The quantitative estimate of drug-likeness (QED) is 0.719. The van der Waals surface area contributed by atoms with Crippen LogP contribution in [0.4, 0.5) is 0 Å². The van der Waals surface area contributed by atoms with Gasteiger partial charge in [-0.25, -0.2) is 0 Å². The predicted molar refractivity (Wildman–Crippen MR) is 52.6 cm³/mol. The van der Waals surface area contributed by atoms with E-state index in [4.69, 9.17) is 4.74 Å². The minimum absolute atomic E-state index is 0.553. The lowest BCUT2D eigenvalue weighted by atomic mass is 10.0. The molecule has 1 aromatic carbocycles. The zero-order valence-electron chi connectivity index (χ0n) is 8.37. The summed E-state index contributed by atoms with van der Waals surface area (Å²) in [4.78, 5) is 0. The molecule has 0 bridgehead atoms. The summed E-state index contributed by atoms with van der Waals surface area (Å²) in [6.45, 7) is 4.14. The largest absolute Gasteiger partial charge is 0.368 e. The molecule has 0 saturated heterocycles. The van der Waals surface area contributed by atoms with Crippen molar-refractivity contribution in [3.05, 3.63) is 34.9 Å². The van der Waals surface area contributed by atoms with Crippen LogP contribution in [0.3, 0.4) is 0 Å². The standard InChI is InChI=1S/C11H16O2/c1-8-4-5-10(6-9(8)2)7-11(12)13-3/h4-6,11-12H,7H2,1-3H3. The van der Waals surface area contributed by atoms with Gasteiger partial charge >= 0.3 is 0 Å². The maximum atomic E-state index is 9.25. The summed E-state index contributed by atoms with van der Waals surface area (Å²) in [5, 5.41) is 9.25. The van der Waals surface area contributed by atoms with Gasteiger partial charge in [0.15, 0.2) is 6.29 Å². The van der Waals surface area contributed by atoms with E-state index >= 15 is 0 Å². The van der Waals surface area contributed by atoms with Gasteiger partial charge in [0, 0.05) is 13.5 Å². The maximum Gasteiger partial charge on any atom is 0.158 e. The lowest BCUT2D eigenvalue weighted by Crippen LogP contribution is -2.12. The van der Waals surface area contributed by atoms with Crippen LogP contribution in [0.2, 0.25) is 0 Å². The Bertz CT molecular complexity index is 281. The molecule has 1 aromatic rings. The van der Waals surface area contributed by atoms with E-state index in [1.54, 1.807) is 0 Å². The van der Waals surface area contributed by atoms with Gasteiger partial charge in [-0.1, -0.05) is 18.2 Å². The lowest BCUT2D eigenvalue weighted by Gasteiger charge is -2.09. The first-order chi connectivity index (χ1) is 6.13. The lowest BCUT2D eigenvalue weighted by molar-refractivity contribution is -0.0720. The molecule has 13 heavy (non-hydrogen) atoms. The van der Waals surface area contributed by atoms with Gasteiger partial charge in [-0.3, -0.25) is 0 Å². The van der Waals surface area contributed by atoms with Gasteiger partial charge in [-0.05, 0) is 30.5 Å². The first kappa shape index (κ1) is 10.2. The third-order valence-electron chi connectivity index (χ3n) is 2.25. The van der Waals surface area contributed by atoms with Gasteiger partial charge in [0.1, 0.15) is 0 Å². The van der Waals surface area contributed by atoms with Crippen molar-refractivity contribution < 1.29 is 9.84 Å². The van der Waals surface area contributed by atoms with E-state index in [-0.39, 0.29) is 0 Å². The van der Waals surface area contributed by atoms with Gasteiger partial charge in [-0.2, -0.15) is 0 Å². The molecule has 1 unspecified atom stereocenters. The number of methoxy groups -OCH3 is 1. The number of aliphatic hydroxyl groups is 1. The normalized spacial score (nSPS) is 12.9. The second-order valence-electron chi connectivity index (χ2n) is 3.31. The van der Waals surface area contributed by atoms with E-state index in [2.05, 4.69) is 26.0 Å². The number of hydrogen-bond acceptors (Lipinski definition) is 2. The van der Waals surface area contributed by atoms with E-state index in [1.807, 2.05) is 6.07 Å². The third-order valence-corrected chi connectivity index (χ3v) is 2.25. The summed E-state index contributed by atoms with van der Waals surface area (Å²) in [6, 6.07) is 6.16. The number of ether oxygens (including phenoxy) is 1. The third kappa shape index (κ3) is 2.83. The van der Waals surface area contributed by atoms with Crippen molar-refractivity contribution in [2.24, 2.45) is 0 Å². The number of benzene rings is 1. The molecule has 0 amide bonds. The maximum absolute atomic E-state index is 9.25. The Morgan fingerprint density at radius 3 is 2.54 bits per heavy atom. The molecule has 0 fully saturated rings. The monoisotopic (exact) mass is 180 g/mol. The van der Waals surface area contributed by atoms with Crippen LogP contribution in [-0.4, -0.2) is 18.5 Å². The average Bonchev–Trinajstić information content (AvgIpc) is 2.11. The summed E-state index contributed by atoms with van der Waals surface area (Å²) < 4.78 is 4.78. The van der Waals surface area contributed by atoms with Crippen LogP contribution in [-0.2, 0) is 11.2 Å². The summed E-state index contributed by atoms with van der Waals surface area (Å²) in [5.41, 5.74) is 3.63. The molecule has 0 aliphatic carbocycles. The van der Waals surface area contributed by atoms with Crippen molar-refractivity contribution in [2.45, 2.75) is 26.6 Å². The second kappa shape index (κ2) is 4.40. The average molecular weight is 180 g/mol. The van der Waals surface area contributed by atoms with Crippen molar-refractivity contribution in [2.75, 3.05) is 7.11 Å². The van der Waals surface area contributed by atoms with E-state index in [1.165, 1.54) is 18.2 Å². The summed E-state index contributed by atoms with van der Waals surface area (Å²) >= 11 is 0. The summed E-state index contributed by atoms with van der Waals surface area (Å²) in [6.07, 6.45) is -0.139. The summed E-state index contributed by atoms with van der Waals surface area (Å²) in [7, 11) is 1.51. The van der Waals surface area contributed by atoms with Crippen LogP contribution in [0, 0.1) is 13.8 Å². The highest BCUT2D eigenvalue weighted by molar-refractivity contribution is 5.30. The van der Waals surface area contributed by atoms with Gasteiger partial charge in [0.05, 0.1) is 0 Å². The molecule has 0 aliphatic rings. The first-order valence-corrected chi connectivity index (χ1v) is 4.40. The van der Waals surface area contributed by atoms with Crippen molar-refractivity contribution in [3.8, 4) is 0 Å². The zero-order valence-corrected chi connectivity index (χ0v) is 8.37. The van der Waals surface area contributed by atoms with Gasteiger partial charge < -0.3 is 9.84 Å².